The molecule has 1 fully saturated rings. The summed E-state index contributed by atoms with van der Waals surface area (Å²) < 4.78 is 5.40. The number of carbonyl (C=O) groups excluding carboxylic acids is 1. The highest BCUT2D eigenvalue weighted by Gasteiger charge is 2.27. The third-order valence-electron chi connectivity index (χ3n) is 5.15. The standard InChI is InChI=1S/C24H32N4O2/c1-2-25-24(26-14-13-20-9-5-3-6-10-20)27-19-22(21-11-7-4-8-12-21)23(29)28-15-17-30-18-16-28/h3-12,22H,2,13-19H2,1H3,(H2,25,26,27). The van der Waals surface area contributed by atoms with Gasteiger partial charge in [0.15, 0.2) is 5.96 Å². The van der Waals surface area contributed by atoms with Gasteiger partial charge in [-0.2, -0.15) is 0 Å². The number of nitrogens with one attached hydrogen (secondary N) is 2. The first-order valence-corrected chi connectivity index (χ1v) is 10.8. The molecule has 1 atom stereocenters. The van der Waals surface area contributed by atoms with Crippen LogP contribution in [0.15, 0.2) is 65.7 Å². The predicted molar refractivity (Wildman–Crippen MR) is 121 cm³/mol. The second-order valence-electron chi connectivity index (χ2n) is 7.28. The Morgan fingerprint density at radius 3 is 2.37 bits per heavy atom. The summed E-state index contributed by atoms with van der Waals surface area (Å²) in [4.78, 5) is 19.9. The lowest BCUT2D eigenvalue weighted by Gasteiger charge is -2.30. The molecule has 6 nitrogen and oxygen atoms in total. The van der Waals surface area contributed by atoms with Crippen molar-refractivity contribution in [1.82, 2.24) is 15.5 Å². The van der Waals surface area contributed by atoms with Crippen LogP contribution in [0.5, 0.6) is 0 Å². The first-order chi connectivity index (χ1) is 14.8. The summed E-state index contributed by atoms with van der Waals surface area (Å²) in [6.07, 6.45) is 0.917. The van der Waals surface area contributed by atoms with Gasteiger partial charge in [-0.1, -0.05) is 60.7 Å². The number of amides is 1. The molecule has 0 bridgehead atoms. The number of hydrogen-bond acceptors (Lipinski definition) is 3. The molecular formula is C24H32N4O2. The number of rotatable bonds is 8. The van der Waals surface area contributed by atoms with Crippen molar-refractivity contribution >= 4 is 11.9 Å². The van der Waals surface area contributed by atoms with Gasteiger partial charge in [-0.25, -0.2) is 0 Å². The molecule has 1 heterocycles. The molecule has 160 valence electrons. The van der Waals surface area contributed by atoms with E-state index in [1.165, 1.54) is 5.56 Å². The summed E-state index contributed by atoms with van der Waals surface area (Å²) in [7, 11) is 0. The van der Waals surface area contributed by atoms with E-state index < -0.39 is 0 Å². The van der Waals surface area contributed by atoms with E-state index in [0.29, 0.717) is 32.8 Å². The largest absolute Gasteiger partial charge is 0.378 e. The maximum Gasteiger partial charge on any atom is 0.232 e. The normalized spacial score (nSPS) is 15.5. The number of carbonyl (C=O) groups is 1. The minimum atomic E-state index is -0.297. The molecule has 0 aromatic heterocycles. The monoisotopic (exact) mass is 408 g/mol. The number of hydrogen-bond donors (Lipinski definition) is 2. The van der Waals surface area contributed by atoms with Gasteiger partial charge in [0.1, 0.15) is 0 Å². The van der Waals surface area contributed by atoms with Crippen LogP contribution in [-0.2, 0) is 16.0 Å². The molecule has 2 aromatic carbocycles. The lowest BCUT2D eigenvalue weighted by Crippen LogP contribution is -2.44. The van der Waals surface area contributed by atoms with E-state index in [9.17, 15) is 4.79 Å². The van der Waals surface area contributed by atoms with Crippen molar-refractivity contribution in [3.05, 3.63) is 71.8 Å². The van der Waals surface area contributed by atoms with E-state index >= 15 is 0 Å². The molecule has 1 saturated heterocycles. The lowest BCUT2D eigenvalue weighted by atomic mass is 9.97. The van der Waals surface area contributed by atoms with Crippen molar-refractivity contribution in [3.8, 4) is 0 Å². The van der Waals surface area contributed by atoms with E-state index in [1.807, 2.05) is 48.2 Å². The summed E-state index contributed by atoms with van der Waals surface area (Å²) in [6.45, 7) is 6.47. The smallest absolute Gasteiger partial charge is 0.232 e. The van der Waals surface area contributed by atoms with E-state index in [1.54, 1.807) is 0 Å². The van der Waals surface area contributed by atoms with Crippen LogP contribution in [-0.4, -0.2) is 62.7 Å². The summed E-state index contributed by atoms with van der Waals surface area (Å²) in [5, 5.41) is 6.68. The van der Waals surface area contributed by atoms with Crippen LogP contribution >= 0.6 is 0 Å². The fraction of sp³-hybridized carbons (Fsp3) is 0.417. The van der Waals surface area contributed by atoms with Crippen molar-refractivity contribution in [1.29, 1.82) is 0 Å². The van der Waals surface area contributed by atoms with Crippen LogP contribution in [0, 0.1) is 0 Å². The van der Waals surface area contributed by atoms with Crippen LogP contribution in [0.25, 0.3) is 0 Å². The minimum absolute atomic E-state index is 0.119. The quantitative estimate of drug-likeness (QED) is 0.520. The highest BCUT2D eigenvalue weighted by molar-refractivity contribution is 5.85. The van der Waals surface area contributed by atoms with E-state index in [2.05, 4.69) is 34.9 Å². The van der Waals surface area contributed by atoms with Crippen LogP contribution < -0.4 is 10.6 Å². The second kappa shape index (κ2) is 12.0. The maximum atomic E-state index is 13.2. The zero-order chi connectivity index (χ0) is 21.0. The molecule has 0 radical (unpaired) electrons. The molecule has 3 rings (SSSR count). The Kier molecular flexibility index (Phi) is 8.72. The average molecular weight is 409 g/mol. The molecule has 2 aromatic rings. The molecule has 2 N–H and O–H groups in total. The summed E-state index contributed by atoms with van der Waals surface area (Å²) in [5.74, 6) is 0.561. The van der Waals surface area contributed by atoms with Crippen LogP contribution in [0.1, 0.15) is 24.0 Å². The Balaban J connectivity index is 1.67. The Hall–Kier alpha value is -2.86. The third-order valence-corrected chi connectivity index (χ3v) is 5.15. The first kappa shape index (κ1) is 21.8. The van der Waals surface area contributed by atoms with Crippen LogP contribution in [0.3, 0.4) is 0 Å². The topological polar surface area (TPSA) is 66.0 Å². The fourth-order valence-corrected chi connectivity index (χ4v) is 3.51. The Labute approximate surface area is 179 Å². The molecule has 1 aliphatic heterocycles. The number of benzene rings is 2. The van der Waals surface area contributed by atoms with Gasteiger partial charge in [0.25, 0.3) is 0 Å². The van der Waals surface area contributed by atoms with Crippen molar-refractivity contribution in [3.63, 3.8) is 0 Å². The zero-order valence-corrected chi connectivity index (χ0v) is 17.7. The average Bonchev–Trinajstić information content (AvgIpc) is 2.81. The summed E-state index contributed by atoms with van der Waals surface area (Å²) >= 11 is 0. The molecule has 30 heavy (non-hydrogen) atoms. The van der Waals surface area contributed by atoms with Gasteiger partial charge in [0.2, 0.25) is 5.91 Å². The fourth-order valence-electron chi connectivity index (χ4n) is 3.51. The van der Waals surface area contributed by atoms with Crippen LogP contribution in [0.4, 0.5) is 0 Å². The maximum absolute atomic E-state index is 13.2. The Morgan fingerprint density at radius 2 is 1.70 bits per heavy atom. The van der Waals surface area contributed by atoms with Gasteiger partial charge in [-0.3, -0.25) is 9.79 Å². The second-order valence-corrected chi connectivity index (χ2v) is 7.28. The number of aliphatic imine (C=N–C) groups is 1. The van der Waals surface area contributed by atoms with Crippen molar-refractivity contribution in [2.45, 2.75) is 19.3 Å². The lowest BCUT2D eigenvalue weighted by molar-refractivity contribution is -0.136. The van der Waals surface area contributed by atoms with E-state index in [0.717, 1.165) is 31.0 Å². The van der Waals surface area contributed by atoms with E-state index in [4.69, 9.17) is 9.73 Å². The highest BCUT2D eigenvalue weighted by Crippen LogP contribution is 2.20. The SMILES string of the molecule is CCNC(=NCC(C(=O)N1CCOCC1)c1ccccc1)NCCc1ccccc1. The van der Waals surface area contributed by atoms with Gasteiger partial charge in [-0.15, -0.1) is 0 Å². The first-order valence-electron chi connectivity index (χ1n) is 10.8. The van der Waals surface area contributed by atoms with Crippen LogP contribution in [0.2, 0.25) is 0 Å². The number of nitrogens with zero attached hydrogens (tertiary/aromatic N) is 2. The zero-order valence-electron chi connectivity index (χ0n) is 17.7. The summed E-state index contributed by atoms with van der Waals surface area (Å²) in [6, 6.07) is 20.3. The molecule has 0 aliphatic carbocycles. The molecule has 0 spiro atoms. The number of morpholine rings is 1. The van der Waals surface area contributed by atoms with Gasteiger partial charge >= 0.3 is 0 Å². The third kappa shape index (κ3) is 6.59. The Morgan fingerprint density at radius 1 is 1.03 bits per heavy atom. The molecule has 1 amide bonds. The predicted octanol–water partition coefficient (Wildman–Crippen LogP) is 2.43. The number of ether oxygens (including phenoxy) is 1. The van der Waals surface area contributed by atoms with Crippen molar-refractivity contribution in [2.75, 3.05) is 45.9 Å². The molecule has 1 unspecified atom stereocenters. The van der Waals surface area contributed by atoms with E-state index in [-0.39, 0.29) is 11.8 Å². The van der Waals surface area contributed by atoms with Gasteiger partial charge in [-0.05, 0) is 24.5 Å². The highest BCUT2D eigenvalue weighted by atomic mass is 16.5. The van der Waals surface area contributed by atoms with Gasteiger partial charge in [0.05, 0.1) is 25.7 Å². The van der Waals surface area contributed by atoms with Gasteiger partial charge in [0, 0.05) is 26.2 Å². The Bertz CT molecular complexity index is 789. The summed E-state index contributed by atoms with van der Waals surface area (Å²) in [5.41, 5.74) is 2.28. The molecular weight excluding hydrogens is 376 g/mol. The molecule has 1 aliphatic rings. The minimum Gasteiger partial charge on any atom is -0.378 e. The molecule has 6 heteroatoms. The van der Waals surface area contributed by atoms with Crippen molar-refractivity contribution < 1.29 is 9.53 Å². The molecule has 0 saturated carbocycles. The number of guanidine groups is 1. The van der Waals surface area contributed by atoms with Gasteiger partial charge < -0.3 is 20.3 Å². The van der Waals surface area contributed by atoms with Crippen molar-refractivity contribution in [2.24, 2.45) is 4.99 Å².